The molecule has 0 aromatic heterocycles. The Kier molecular flexibility index (Phi) is 5.31. The van der Waals surface area contributed by atoms with Crippen LogP contribution in [-0.4, -0.2) is 16.3 Å². The Morgan fingerprint density at radius 2 is 1.85 bits per heavy atom. The predicted octanol–water partition coefficient (Wildman–Crippen LogP) is 6.34. The molecule has 27 heavy (non-hydrogen) atoms. The lowest BCUT2D eigenvalue weighted by Gasteiger charge is -2.58. The molecule has 0 amide bonds. The minimum Gasteiger partial charge on any atom is -0.508 e. The van der Waals surface area contributed by atoms with Gasteiger partial charge in [0, 0.05) is 0 Å². The van der Waals surface area contributed by atoms with E-state index in [2.05, 4.69) is 19.9 Å². The second-order valence-electron chi connectivity index (χ2n) is 10.0. The molecule has 0 saturated heterocycles. The average molecular weight is 371 g/mol. The molecule has 2 saturated carbocycles. The molecule has 150 valence electrons. The summed E-state index contributed by atoms with van der Waals surface area (Å²) in [6, 6.07) is 6.12. The lowest BCUT2D eigenvalue weighted by molar-refractivity contribution is -0.0806. The topological polar surface area (TPSA) is 40.5 Å². The minimum absolute atomic E-state index is 0.110. The van der Waals surface area contributed by atoms with Crippen molar-refractivity contribution in [2.75, 3.05) is 0 Å². The number of hydrogen-bond acceptors (Lipinski definition) is 2. The van der Waals surface area contributed by atoms with Crippen LogP contribution >= 0.6 is 0 Å². The van der Waals surface area contributed by atoms with Crippen LogP contribution in [0.1, 0.15) is 102 Å². The maximum absolute atomic E-state index is 10.8. The first-order valence-electron chi connectivity index (χ1n) is 11.5. The lowest BCUT2D eigenvalue weighted by atomic mass is 9.46. The van der Waals surface area contributed by atoms with Crippen molar-refractivity contribution in [1.29, 1.82) is 0 Å². The number of aromatic hydroxyl groups is 1. The maximum atomic E-state index is 10.8. The summed E-state index contributed by atoms with van der Waals surface area (Å²) in [5.41, 5.74) is 3.37. The van der Waals surface area contributed by atoms with E-state index in [-0.39, 0.29) is 11.5 Å². The number of benzene rings is 1. The number of phenols is 1. The van der Waals surface area contributed by atoms with E-state index >= 15 is 0 Å². The molecule has 1 aromatic rings. The SMILES string of the molecule is CCCCCCC[C@@]12CCc3cc(O)ccc3[C@H]1CC[C@@]1(C)[C@H]2CC[C@@H]1O. The van der Waals surface area contributed by atoms with Gasteiger partial charge in [0.1, 0.15) is 5.75 Å². The molecule has 3 aliphatic carbocycles. The summed E-state index contributed by atoms with van der Waals surface area (Å²) in [5.74, 6) is 1.70. The molecule has 0 radical (unpaired) electrons. The van der Waals surface area contributed by atoms with Gasteiger partial charge in [0.15, 0.2) is 0 Å². The number of unbranched alkanes of at least 4 members (excludes halogenated alkanes) is 4. The second-order valence-corrected chi connectivity index (χ2v) is 10.0. The average Bonchev–Trinajstić information content (AvgIpc) is 2.97. The molecule has 0 heterocycles. The molecule has 0 bridgehead atoms. The van der Waals surface area contributed by atoms with Gasteiger partial charge in [0.05, 0.1) is 6.10 Å². The molecule has 2 nitrogen and oxygen atoms in total. The molecule has 2 heteroatoms. The monoisotopic (exact) mass is 370 g/mol. The van der Waals surface area contributed by atoms with E-state index in [4.69, 9.17) is 0 Å². The highest BCUT2D eigenvalue weighted by Crippen LogP contribution is 2.68. The number of phenolic OH excluding ortho intramolecular Hbond substituents is 1. The standard InChI is InChI=1S/C25H38O2/c1-3-4-5-6-7-14-25-16-12-18-17-19(26)8-9-20(18)21(25)13-15-24(2)22(25)10-11-23(24)27/h8-9,17,21-23,26-27H,3-7,10-16H2,1-2H3/t21-,22-,23+,24+,25-/m1/s1. The fraction of sp³-hybridized carbons (Fsp3) is 0.760. The molecule has 1 aromatic carbocycles. The summed E-state index contributed by atoms with van der Waals surface area (Å²) in [6.45, 7) is 4.67. The van der Waals surface area contributed by atoms with Gasteiger partial charge in [-0.2, -0.15) is 0 Å². The van der Waals surface area contributed by atoms with Crippen LogP contribution in [0, 0.1) is 16.7 Å². The number of rotatable bonds is 6. The van der Waals surface area contributed by atoms with Crippen LogP contribution in [0.15, 0.2) is 18.2 Å². The highest BCUT2D eigenvalue weighted by Gasteiger charge is 2.61. The third-order valence-corrected chi connectivity index (χ3v) is 8.75. The Balaban J connectivity index is 1.65. The Labute approximate surface area is 165 Å². The van der Waals surface area contributed by atoms with E-state index < -0.39 is 0 Å². The third-order valence-electron chi connectivity index (χ3n) is 8.75. The summed E-state index contributed by atoms with van der Waals surface area (Å²) in [4.78, 5) is 0. The van der Waals surface area contributed by atoms with Crippen molar-refractivity contribution in [3.63, 3.8) is 0 Å². The van der Waals surface area contributed by atoms with Gasteiger partial charge in [0.25, 0.3) is 0 Å². The maximum Gasteiger partial charge on any atom is 0.115 e. The first-order chi connectivity index (χ1) is 13.0. The van der Waals surface area contributed by atoms with Gasteiger partial charge in [-0.15, -0.1) is 0 Å². The van der Waals surface area contributed by atoms with Gasteiger partial charge < -0.3 is 10.2 Å². The van der Waals surface area contributed by atoms with Gasteiger partial charge in [-0.1, -0.05) is 52.0 Å². The van der Waals surface area contributed by atoms with Gasteiger partial charge in [-0.05, 0) is 90.9 Å². The van der Waals surface area contributed by atoms with Gasteiger partial charge >= 0.3 is 0 Å². The van der Waals surface area contributed by atoms with Crippen molar-refractivity contribution in [3.8, 4) is 5.75 Å². The number of aliphatic hydroxyl groups is 1. The summed E-state index contributed by atoms with van der Waals surface area (Å²) in [5, 5.41) is 20.8. The summed E-state index contributed by atoms with van der Waals surface area (Å²) in [6.07, 6.45) is 14.8. The van der Waals surface area contributed by atoms with E-state index in [1.807, 2.05) is 12.1 Å². The Morgan fingerprint density at radius 3 is 2.67 bits per heavy atom. The van der Waals surface area contributed by atoms with Crippen LogP contribution in [0.5, 0.6) is 5.75 Å². The zero-order valence-corrected chi connectivity index (χ0v) is 17.3. The van der Waals surface area contributed by atoms with Crippen LogP contribution in [0.25, 0.3) is 0 Å². The van der Waals surface area contributed by atoms with E-state index in [1.165, 1.54) is 68.9 Å². The number of fused-ring (bicyclic) bond motifs is 5. The van der Waals surface area contributed by atoms with Gasteiger partial charge in [0.2, 0.25) is 0 Å². The van der Waals surface area contributed by atoms with Crippen molar-refractivity contribution in [3.05, 3.63) is 29.3 Å². The van der Waals surface area contributed by atoms with Crippen LogP contribution in [0.3, 0.4) is 0 Å². The molecular formula is C25H38O2. The highest BCUT2D eigenvalue weighted by molar-refractivity contribution is 5.41. The van der Waals surface area contributed by atoms with E-state index in [0.717, 1.165) is 19.3 Å². The lowest BCUT2D eigenvalue weighted by Crippen LogP contribution is -2.51. The van der Waals surface area contributed by atoms with E-state index in [1.54, 1.807) is 0 Å². The molecule has 0 spiro atoms. The molecule has 3 aliphatic rings. The van der Waals surface area contributed by atoms with E-state index in [0.29, 0.717) is 23.0 Å². The quantitative estimate of drug-likeness (QED) is 0.574. The van der Waals surface area contributed by atoms with Crippen LogP contribution < -0.4 is 0 Å². The number of aryl methyl sites for hydroxylation is 1. The number of aliphatic hydroxyl groups excluding tert-OH is 1. The highest BCUT2D eigenvalue weighted by atomic mass is 16.3. The molecule has 2 fully saturated rings. The van der Waals surface area contributed by atoms with E-state index in [9.17, 15) is 10.2 Å². The van der Waals surface area contributed by atoms with Crippen molar-refractivity contribution in [2.24, 2.45) is 16.7 Å². The summed E-state index contributed by atoms with van der Waals surface area (Å²) < 4.78 is 0. The Hall–Kier alpha value is -1.02. The Morgan fingerprint density at radius 1 is 1.04 bits per heavy atom. The predicted molar refractivity (Wildman–Crippen MR) is 111 cm³/mol. The van der Waals surface area contributed by atoms with Crippen molar-refractivity contribution < 1.29 is 10.2 Å². The fourth-order valence-corrected chi connectivity index (χ4v) is 7.35. The normalized spacial score (nSPS) is 37.5. The smallest absolute Gasteiger partial charge is 0.115 e. The van der Waals surface area contributed by atoms with Gasteiger partial charge in [-0.25, -0.2) is 0 Å². The van der Waals surface area contributed by atoms with Crippen molar-refractivity contribution >= 4 is 0 Å². The number of hydrogen-bond donors (Lipinski definition) is 2. The fourth-order valence-electron chi connectivity index (χ4n) is 7.35. The van der Waals surface area contributed by atoms with Crippen LogP contribution in [-0.2, 0) is 6.42 Å². The Bertz CT molecular complexity index is 668. The van der Waals surface area contributed by atoms with Crippen molar-refractivity contribution in [2.45, 2.75) is 103 Å². The zero-order valence-electron chi connectivity index (χ0n) is 17.3. The molecular weight excluding hydrogens is 332 g/mol. The zero-order chi connectivity index (χ0) is 19.1. The molecule has 0 unspecified atom stereocenters. The molecule has 2 N–H and O–H groups in total. The third kappa shape index (κ3) is 3.12. The largest absolute Gasteiger partial charge is 0.508 e. The second kappa shape index (κ2) is 7.43. The molecule has 0 aliphatic heterocycles. The molecule has 5 atom stereocenters. The van der Waals surface area contributed by atoms with Gasteiger partial charge in [-0.3, -0.25) is 0 Å². The van der Waals surface area contributed by atoms with Crippen LogP contribution in [0.2, 0.25) is 0 Å². The van der Waals surface area contributed by atoms with Crippen molar-refractivity contribution in [1.82, 2.24) is 0 Å². The summed E-state index contributed by atoms with van der Waals surface area (Å²) >= 11 is 0. The van der Waals surface area contributed by atoms with Crippen LogP contribution in [0.4, 0.5) is 0 Å². The first-order valence-corrected chi connectivity index (χ1v) is 11.5. The summed E-state index contributed by atoms with van der Waals surface area (Å²) in [7, 11) is 0. The molecule has 4 rings (SSSR count). The minimum atomic E-state index is -0.110. The first kappa shape index (κ1) is 19.3.